The molecule has 0 spiro atoms. The third-order valence-corrected chi connectivity index (χ3v) is 5.16. The van der Waals surface area contributed by atoms with Gasteiger partial charge < -0.3 is 9.64 Å². The molecule has 3 unspecified atom stereocenters. The second-order valence-electron chi connectivity index (χ2n) is 6.12. The van der Waals surface area contributed by atoms with Gasteiger partial charge in [-0.2, -0.15) is 0 Å². The third kappa shape index (κ3) is 1.95. The van der Waals surface area contributed by atoms with E-state index in [1.165, 1.54) is 32.8 Å². The fourth-order valence-corrected chi connectivity index (χ4v) is 4.11. The second-order valence-corrected chi connectivity index (χ2v) is 6.12. The molecule has 0 radical (unpaired) electrons. The molecule has 0 aromatic heterocycles. The van der Waals surface area contributed by atoms with Crippen LogP contribution in [0.5, 0.6) is 0 Å². The van der Waals surface area contributed by atoms with Crippen LogP contribution in [0.1, 0.15) is 38.5 Å². The normalized spacial score (nSPS) is 40.1. The minimum atomic E-state index is -0.392. The zero-order valence-electron chi connectivity index (χ0n) is 11.3. The highest BCUT2D eigenvalue weighted by Crippen LogP contribution is 2.38. The summed E-state index contributed by atoms with van der Waals surface area (Å²) < 4.78 is 5.13. The average Bonchev–Trinajstić information content (AvgIpc) is 3.02. The molecular formula is C14H24N2O2. The molecule has 3 rings (SSSR count). The summed E-state index contributed by atoms with van der Waals surface area (Å²) in [5.41, 5.74) is -0.392. The fraction of sp³-hybridized carbons (Fsp3) is 0.929. The number of fused-ring (bicyclic) bond motifs is 2. The molecule has 4 heteroatoms. The number of hydrogen-bond acceptors (Lipinski definition) is 4. The van der Waals surface area contributed by atoms with Gasteiger partial charge in [0.05, 0.1) is 7.11 Å². The van der Waals surface area contributed by atoms with E-state index >= 15 is 0 Å². The Morgan fingerprint density at radius 1 is 1.28 bits per heavy atom. The maximum Gasteiger partial charge on any atom is 0.326 e. The Hall–Kier alpha value is -0.610. The summed E-state index contributed by atoms with van der Waals surface area (Å²) in [7, 11) is 1.53. The first-order chi connectivity index (χ1) is 8.74. The number of hydrogen-bond donors (Lipinski definition) is 1. The predicted octanol–water partition coefficient (Wildman–Crippen LogP) is 1.16. The van der Waals surface area contributed by atoms with Gasteiger partial charge in [-0.05, 0) is 32.2 Å². The Kier molecular flexibility index (Phi) is 3.32. The molecule has 18 heavy (non-hydrogen) atoms. The van der Waals surface area contributed by atoms with Crippen molar-refractivity contribution in [3.63, 3.8) is 0 Å². The monoisotopic (exact) mass is 252 g/mol. The van der Waals surface area contributed by atoms with E-state index in [0.717, 1.165) is 32.5 Å². The molecule has 102 valence electrons. The van der Waals surface area contributed by atoms with E-state index in [9.17, 15) is 4.79 Å². The zero-order valence-corrected chi connectivity index (χ0v) is 11.3. The molecule has 0 aromatic carbocycles. The number of carbonyl (C=O) groups excluding carboxylic acids is 1. The molecule has 1 N–H and O–H groups in total. The standard InChI is InChI=1S/C14H24N2O2/c1-18-13(17)14(15-12-4-2-3-5-12)7-9-16-8-6-11(14)10-16/h11-12,15H,2-10H2,1H3. The molecule has 0 aromatic rings. The van der Waals surface area contributed by atoms with E-state index in [1.54, 1.807) is 0 Å². The number of nitrogens with one attached hydrogen (secondary N) is 1. The number of piperidine rings is 1. The van der Waals surface area contributed by atoms with Gasteiger partial charge in [0, 0.05) is 25.0 Å². The van der Waals surface area contributed by atoms with Crippen molar-refractivity contribution in [1.29, 1.82) is 0 Å². The van der Waals surface area contributed by atoms with Crippen LogP contribution in [0.25, 0.3) is 0 Å². The summed E-state index contributed by atoms with van der Waals surface area (Å²) >= 11 is 0. The molecule has 3 atom stereocenters. The minimum Gasteiger partial charge on any atom is -0.468 e. The SMILES string of the molecule is COC(=O)C1(NC2CCCC2)CCN2CCC1C2. The van der Waals surface area contributed by atoms with Crippen molar-refractivity contribution in [3.05, 3.63) is 0 Å². The van der Waals surface area contributed by atoms with Crippen LogP contribution in [-0.2, 0) is 9.53 Å². The summed E-state index contributed by atoms with van der Waals surface area (Å²) in [6.45, 7) is 3.25. The first-order valence-electron chi connectivity index (χ1n) is 7.33. The number of nitrogens with zero attached hydrogens (tertiary/aromatic N) is 1. The van der Waals surface area contributed by atoms with Crippen molar-refractivity contribution in [2.24, 2.45) is 5.92 Å². The molecule has 2 aliphatic heterocycles. The molecule has 2 heterocycles. The lowest BCUT2D eigenvalue weighted by Crippen LogP contribution is -2.63. The van der Waals surface area contributed by atoms with Crippen LogP contribution < -0.4 is 5.32 Å². The van der Waals surface area contributed by atoms with Gasteiger partial charge in [-0.15, -0.1) is 0 Å². The van der Waals surface area contributed by atoms with Crippen LogP contribution in [0.4, 0.5) is 0 Å². The summed E-state index contributed by atoms with van der Waals surface area (Å²) in [6, 6.07) is 0.524. The zero-order chi connectivity index (χ0) is 12.6. The Bertz CT molecular complexity index is 328. The fourth-order valence-electron chi connectivity index (χ4n) is 4.11. The molecule has 2 saturated heterocycles. The van der Waals surface area contributed by atoms with Gasteiger partial charge in [0.2, 0.25) is 0 Å². The van der Waals surface area contributed by atoms with Gasteiger partial charge >= 0.3 is 5.97 Å². The summed E-state index contributed by atoms with van der Waals surface area (Å²) in [4.78, 5) is 14.8. The first-order valence-corrected chi connectivity index (χ1v) is 7.33. The number of carbonyl (C=O) groups is 1. The molecule has 3 fully saturated rings. The van der Waals surface area contributed by atoms with Crippen LogP contribution in [0.2, 0.25) is 0 Å². The lowest BCUT2D eigenvalue weighted by atomic mass is 9.78. The van der Waals surface area contributed by atoms with Crippen LogP contribution in [0, 0.1) is 5.92 Å². The second kappa shape index (κ2) is 4.82. The summed E-state index contributed by atoms with van der Waals surface area (Å²) in [5, 5.41) is 3.71. The van der Waals surface area contributed by atoms with Crippen LogP contribution in [-0.4, -0.2) is 49.2 Å². The molecule has 3 aliphatic rings. The van der Waals surface area contributed by atoms with Crippen LogP contribution in [0.3, 0.4) is 0 Å². The Morgan fingerprint density at radius 3 is 2.78 bits per heavy atom. The molecule has 1 saturated carbocycles. The Labute approximate surface area is 109 Å². The molecular weight excluding hydrogens is 228 g/mol. The third-order valence-electron chi connectivity index (χ3n) is 5.16. The van der Waals surface area contributed by atoms with Crippen molar-refractivity contribution in [2.75, 3.05) is 26.7 Å². The van der Waals surface area contributed by atoms with Gasteiger partial charge in [-0.25, -0.2) is 0 Å². The molecule has 2 bridgehead atoms. The van der Waals surface area contributed by atoms with Crippen molar-refractivity contribution in [2.45, 2.75) is 50.1 Å². The Balaban J connectivity index is 1.80. The Morgan fingerprint density at radius 2 is 2.06 bits per heavy atom. The van der Waals surface area contributed by atoms with Gasteiger partial charge in [-0.3, -0.25) is 10.1 Å². The lowest BCUT2D eigenvalue weighted by molar-refractivity contribution is -0.153. The van der Waals surface area contributed by atoms with Crippen molar-refractivity contribution >= 4 is 5.97 Å². The number of methoxy groups -OCH3 is 1. The summed E-state index contributed by atoms with van der Waals surface area (Å²) in [6.07, 6.45) is 7.08. The number of esters is 1. The quantitative estimate of drug-likeness (QED) is 0.765. The van der Waals surface area contributed by atoms with E-state index < -0.39 is 5.54 Å². The molecule has 4 nitrogen and oxygen atoms in total. The summed E-state index contributed by atoms with van der Waals surface area (Å²) in [5.74, 6) is 0.417. The van der Waals surface area contributed by atoms with E-state index in [-0.39, 0.29) is 5.97 Å². The average molecular weight is 252 g/mol. The highest BCUT2D eigenvalue weighted by Gasteiger charge is 2.52. The van der Waals surface area contributed by atoms with Gasteiger partial charge in [0.25, 0.3) is 0 Å². The highest BCUT2D eigenvalue weighted by atomic mass is 16.5. The molecule has 1 aliphatic carbocycles. The van der Waals surface area contributed by atoms with Crippen LogP contribution >= 0.6 is 0 Å². The molecule has 0 amide bonds. The number of ether oxygens (including phenoxy) is 1. The van der Waals surface area contributed by atoms with E-state index in [0.29, 0.717) is 12.0 Å². The van der Waals surface area contributed by atoms with Gasteiger partial charge in [0.15, 0.2) is 0 Å². The van der Waals surface area contributed by atoms with Gasteiger partial charge in [0.1, 0.15) is 5.54 Å². The maximum absolute atomic E-state index is 12.4. The van der Waals surface area contributed by atoms with E-state index in [1.807, 2.05) is 0 Å². The van der Waals surface area contributed by atoms with Crippen molar-refractivity contribution in [3.8, 4) is 0 Å². The number of rotatable bonds is 3. The predicted molar refractivity (Wildman–Crippen MR) is 69.3 cm³/mol. The lowest BCUT2D eigenvalue weighted by Gasteiger charge is -2.43. The van der Waals surface area contributed by atoms with E-state index in [4.69, 9.17) is 4.74 Å². The minimum absolute atomic E-state index is 0.0269. The largest absolute Gasteiger partial charge is 0.468 e. The highest BCUT2D eigenvalue weighted by molar-refractivity contribution is 5.81. The van der Waals surface area contributed by atoms with Gasteiger partial charge in [-0.1, -0.05) is 12.8 Å². The van der Waals surface area contributed by atoms with Crippen molar-refractivity contribution in [1.82, 2.24) is 10.2 Å². The van der Waals surface area contributed by atoms with E-state index in [2.05, 4.69) is 10.2 Å². The topological polar surface area (TPSA) is 41.6 Å². The maximum atomic E-state index is 12.4. The first kappa shape index (κ1) is 12.4. The smallest absolute Gasteiger partial charge is 0.326 e. The van der Waals surface area contributed by atoms with Crippen LogP contribution in [0.15, 0.2) is 0 Å². The van der Waals surface area contributed by atoms with Crippen molar-refractivity contribution < 1.29 is 9.53 Å².